The molecular weight excluding hydrogens is 300 g/mol. The zero-order valence-corrected chi connectivity index (χ0v) is 12.0. The fourth-order valence-electron chi connectivity index (χ4n) is 2.11. The van der Waals surface area contributed by atoms with Gasteiger partial charge in [-0.1, -0.05) is 11.6 Å². The largest absolute Gasteiger partial charge is 0.355 e. The topological polar surface area (TPSA) is 16.1 Å². The van der Waals surface area contributed by atoms with E-state index in [4.69, 9.17) is 11.6 Å². The molecule has 0 saturated heterocycles. The van der Waals surface area contributed by atoms with Crippen LogP contribution in [0.5, 0.6) is 0 Å². The van der Waals surface area contributed by atoms with Crippen LogP contribution in [-0.4, -0.2) is 18.1 Å². The third kappa shape index (κ3) is 3.14. The van der Waals surface area contributed by atoms with Gasteiger partial charge < -0.3 is 4.90 Å². The van der Waals surface area contributed by atoms with Crippen LogP contribution in [0.1, 0.15) is 25.7 Å². The molecule has 0 unspecified atom stereocenters. The van der Waals surface area contributed by atoms with Gasteiger partial charge in [-0.3, -0.25) is 0 Å². The van der Waals surface area contributed by atoms with Crippen molar-refractivity contribution < 1.29 is 0 Å². The Balaban J connectivity index is 1.78. The number of aromatic nitrogens is 1. The van der Waals surface area contributed by atoms with E-state index in [0.29, 0.717) is 0 Å². The Kier molecular flexibility index (Phi) is 3.31. The number of rotatable bonds is 5. The molecule has 1 aromatic heterocycles. The van der Waals surface area contributed by atoms with Crippen molar-refractivity contribution in [2.45, 2.75) is 25.7 Å². The molecule has 2 aliphatic carbocycles. The van der Waals surface area contributed by atoms with E-state index >= 15 is 0 Å². The molecule has 17 heavy (non-hydrogen) atoms. The molecule has 2 aliphatic rings. The Hall–Kier alpha value is -0.280. The molecule has 0 bridgehead atoms. The molecular formula is C13H16BrClN2. The van der Waals surface area contributed by atoms with E-state index in [9.17, 15) is 0 Å². The minimum atomic E-state index is 0.765. The van der Waals surface area contributed by atoms with Crippen LogP contribution in [0, 0.1) is 11.8 Å². The number of halogens is 2. The van der Waals surface area contributed by atoms with Gasteiger partial charge in [-0.2, -0.15) is 0 Å². The minimum absolute atomic E-state index is 0.765. The first-order valence-corrected chi connectivity index (χ1v) is 7.45. The molecule has 2 fully saturated rings. The lowest BCUT2D eigenvalue weighted by molar-refractivity contribution is 0.671. The predicted molar refractivity (Wildman–Crippen MR) is 74.6 cm³/mol. The van der Waals surface area contributed by atoms with Crippen molar-refractivity contribution in [1.82, 2.24) is 4.98 Å². The second-order valence-electron chi connectivity index (χ2n) is 5.25. The Labute approximate surface area is 115 Å². The first-order valence-electron chi connectivity index (χ1n) is 6.28. The zero-order valence-electron chi connectivity index (χ0n) is 9.70. The Morgan fingerprint density at radius 1 is 1.24 bits per heavy atom. The summed E-state index contributed by atoms with van der Waals surface area (Å²) in [5.74, 6) is 2.71. The quantitative estimate of drug-likeness (QED) is 0.812. The van der Waals surface area contributed by atoms with E-state index in [2.05, 4.69) is 25.8 Å². The standard InChI is InChI=1S/C13H16BrClN2/c14-11-5-12(15)13(16-6-11)17(7-9-1-2-9)8-10-3-4-10/h5-6,9-10H,1-4,7-8H2. The predicted octanol–water partition coefficient (Wildman–Crippen LogP) is 4.12. The van der Waals surface area contributed by atoms with Crippen molar-refractivity contribution in [3.8, 4) is 0 Å². The second-order valence-corrected chi connectivity index (χ2v) is 6.57. The molecule has 1 heterocycles. The van der Waals surface area contributed by atoms with E-state index in [0.717, 1.165) is 40.2 Å². The SMILES string of the molecule is Clc1cc(Br)cnc1N(CC1CC1)CC1CC1. The second kappa shape index (κ2) is 4.77. The molecule has 0 aromatic carbocycles. The summed E-state index contributed by atoms with van der Waals surface area (Å²) < 4.78 is 0.948. The monoisotopic (exact) mass is 314 g/mol. The minimum Gasteiger partial charge on any atom is -0.355 e. The highest BCUT2D eigenvalue weighted by Crippen LogP contribution is 2.37. The van der Waals surface area contributed by atoms with Gasteiger partial charge in [0.1, 0.15) is 5.82 Å². The van der Waals surface area contributed by atoms with Gasteiger partial charge in [-0.05, 0) is 59.5 Å². The van der Waals surface area contributed by atoms with E-state index in [1.807, 2.05) is 12.3 Å². The summed E-state index contributed by atoms with van der Waals surface area (Å²) in [6.45, 7) is 2.26. The van der Waals surface area contributed by atoms with Gasteiger partial charge in [-0.15, -0.1) is 0 Å². The van der Waals surface area contributed by atoms with Crippen LogP contribution < -0.4 is 4.90 Å². The van der Waals surface area contributed by atoms with Crippen LogP contribution in [-0.2, 0) is 0 Å². The number of hydrogen-bond donors (Lipinski definition) is 0. The summed E-state index contributed by atoms with van der Waals surface area (Å²) in [6, 6.07) is 1.94. The molecule has 4 heteroatoms. The molecule has 2 saturated carbocycles. The highest BCUT2D eigenvalue weighted by atomic mass is 79.9. The molecule has 0 radical (unpaired) electrons. The maximum Gasteiger partial charge on any atom is 0.147 e. The summed E-state index contributed by atoms with van der Waals surface area (Å²) in [6.07, 6.45) is 7.32. The number of nitrogens with zero attached hydrogens (tertiary/aromatic N) is 2. The van der Waals surface area contributed by atoms with Crippen molar-refractivity contribution in [2.24, 2.45) is 11.8 Å². The smallest absolute Gasteiger partial charge is 0.147 e. The zero-order chi connectivity index (χ0) is 11.8. The summed E-state index contributed by atoms with van der Waals surface area (Å²) in [7, 11) is 0. The summed E-state index contributed by atoms with van der Waals surface area (Å²) in [5.41, 5.74) is 0. The van der Waals surface area contributed by atoms with E-state index in [1.54, 1.807) is 0 Å². The highest BCUT2D eigenvalue weighted by Gasteiger charge is 2.30. The van der Waals surface area contributed by atoms with Gasteiger partial charge in [0.05, 0.1) is 5.02 Å². The maximum absolute atomic E-state index is 6.30. The molecule has 0 atom stereocenters. The first kappa shape index (κ1) is 11.8. The van der Waals surface area contributed by atoms with E-state index < -0.39 is 0 Å². The molecule has 1 aromatic rings. The third-order valence-electron chi connectivity index (χ3n) is 3.44. The first-order chi connectivity index (χ1) is 8.22. The van der Waals surface area contributed by atoms with Gasteiger partial charge >= 0.3 is 0 Å². The van der Waals surface area contributed by atoms with Crippen LogP contribution >= 0.6 is 27.5 Å². The molecule has 2 nitrogen and oxygen atoms in total. The van der Waals surface area contributed by atoms with Crippen molar-refractivity contribution in [1.29, 1.82) is 0 Å². The van der Waals surface area contributed by atoms with Crippen molar-refractivity contribution in [3.63, 3.8) is 0 Å². The molecule has 0 aliphatic heterocycles. The van der Waals surface area contributed by atoms with Crippen molar-refractivity contribution >= 4 is 33.3 Å². The lowest BCUT2D eigenvalue weighted by Gasteiger charge is -2.24. The fraction of sp³-hybridized carbons (Fsp3) is 0.615. The Morgan fingerprint density at radius 2 is 1.82 bits per heavy atom. The van der Waals surface area contributed by atoms with Crippen LogP contribution in [0.2, 0.25) is 5.02 Å². The maximum atomic E-state index is 6.30. The van der Waals surface area contributed by atoms with E-state index in [1.165, 1.54) is 25.7 Å². The molecule has 0 amide bonds. The van der Waals surface area contributed by atoms with Crippen LogP contribution in [0.3, 0.4) is 0 Å². The molecule has 0 N–H and O–H groups in total. The summed E-state index contributed by atoms with van der Waals surface area (Å²) in [4.78, 5) is 6.88. The average molecular weight is 316 g/mol. The van der Waals surface area contributed by atoms with Gasteiger partial charge in [0.15, 0.2) is 0 Å². The van der Waals surface area contributed by atoms with Gasteiger partial charge in [0.25, 0.3) is 0 Å². The third-order valence-corrected chi connectivity index (χ3v) is 4.15. The Bertz CT molecular complexity index is 402. The molecule has 0 spiro atoms. The number of pyridine rings is 1. The fourth-order valence-corrected chi connectivity index (χ4v) is 2.86. The van der Waals surface area contributed by atoms with Crippen LogP contribution in [0.15, 0.2) is 16.7 Å². The lowest BCUT2D eigenvalue weighted by atomic mass is 10.3. The lowest BCUT2D eigenvalue weighted by Crippen LogP contribution is -2.29. The molecule has 92 valence electrons. The highest BCUT2D eigenvalue weighted by molar-refractivity contribution is 9.10. The average Bonchev–Trinajstić information content (AvgIpc) is 3.11. The van der Waals surface area contributed by atoms with Gasteiger partial charge in [0.2, 0.25) is 0 Å². The number of hydrogen-bond acceptors (Lipinski definition) is 2. The van der Waals surface area contributed by atoms with Gasteiger partial charge in [0, 0.05) is 23.8 Å². The van der Waals surface area contributed by atoms with Crippen molar-refractivity contribution in [3.05, 3.63) is 21.8 Å². The normalized spacial score (nSPS) is 19.4. The van der Waals surface area contributed by atoms with E-state index in [-0.39, 0.29) is 0 Å². The summed E-state index contributed by atoms with van der Waals surface area (Å²) in [5, 5.41) is 0.765. The van der Waals surface area contributed by atoms with Crippen molar-refractivity contribution in [2.75, 3.05) is 18.0 Å². The Morgan fingerprint density at radius 3 is 2.29 bits per heavy atom. The van der Waals surface area contributed by atoms with Gasteiger partial charge in [-0.25, -0.2) is 4.98 Å². The number of anilines is 1. The molecule has 3 rings (SSSR count). The van der Waals surface area contributed by atoms with Crippen LogP contribution in [0.4, 0.5) is 5.82 Å². The summed E-state index contributed by atoms with van der Waals surface area (Å²) >= 11 is 9.70. The van der Waals surface area contributed by atoms with Crippen LogP contribution in [0.25, 0.3) is 0 Å².